The van der Waals surface area contributed by atoms with Gasteiger partial charge in [0.1, 0.15) is 18.5 Å². The van der Waals surface area contributed by atoms with Crippen LogP contribution in [0.5, 0.6) is 5.75 Å². The fourth-order valence-electron chi connectivity index (χ4n) is 5.17. The molecular formula is C29H35F4N5O5S. The second kappa shape index (κ2) is 14.0. The number of ether oxygens (including phenoxy) is 2. The lowest BCUT2D eigenvalue weighted by Gasteiger charge is -2.36. The van der Waals surface area contributed by atoms with E-state index in [0.29, 0.717) is 35.2 Å². The van der Waals surface area contributed by atoms with Gasteiger partial charge in [0.25, 0.3) is 0 Å². The number of aliphatic hydroxyl groups excluding tert-OH is 1. The Morgan fingerprint density at radius 1 is 1.18 bits per heavy atom. The van der Waals surface area contributed by atoms with Crippen LogP contribution in [0.4, 0.5) is 28.9 Å². The lowest BCUT2D eigenvalue weighted by atomic mass is 10.0. The zero-order valence-electron chi connectivity index (χ0n) is 24.2. The molecule has 1 saturated heterocycles. The van der Waals surface area contributed by atoms with Gasteiger partial charge in [0.05, 0.1) is 54.2 Å². The molecule has 0 bridgehead atoms. The van der Waals surface area contributed by atoms with Gasteiger partial charge < -0.3 is 29.8 Å². The third kappa shape index (κ3) is 8.54. The van der Waals surface area contributed by atoms with Crippen LogP contribution < -0.4 is 20.5 Å². The number of sulfonamides is 1. The summed E-state index contributed by atoms with van der Waals surface area (Å²) >= 11 is 0. The number of likely N-dealkylation sites (tertiary alicyclic amines) is 1. The van der Waals surface area contributed by atoms with Crippen molar-refractivity contribution in [3.05, 3.63) is 48.2 Å². The molecule has 1 fully saturated rings. The van der Waals surface area contributed by atoms with Crippen LogP contribution in [0.15, 0.2) is 47.4 Å². The zero-order chi connectivity index (χ0) is 32.1. The molecule has 10 nitrogen and oxygen atoms in total. The summed E-state index contributed by atoms with van der Waals surface area (Å²) in [5, 5.41) is 21.8. The van der Waals surface area contributed by atoms with E-state index in [-0.39, 0.29) is 42.6 Å². The van der Waals surface area contributed by atoms with Gasteiger partial charge in [0.2, 0.25) is 10.0 Å². The Kier molecular flexibility index (Phi) is 10.6. The first kappa shape index (κ1) is 33.3. The molecule has 0 unspecified atom stereocenters. The molecule has 1 aliphatic rings. The van der Waals surface area contributed by atoms with E-state index in [1.54, 1.807) is 24.3 Å². The molecule has 0 spiro atoms. The first-order valence-electron chi connectivity index (χ1n) is 13.7. The summed E-state index contributed by atoms with van der Waals surface area (Å²) in [6, 6.07) is 9.81. The number of alkyl halides is 4. The van der Waals surface area contributed by atoms with Gasteiger partial charge in [-0.05, 0) is 42.7 Å². The van der Waals surface area contributed by atoms with Gasteiger partial charge in [-0.1, -0.05) is 12.0 Å². The van der Waals surface area contributed by atoms with Crippen molar-refractivity contribution in [1.82, 2.24) is 9.47 Å². The molecule has 0 amide bonds. The van der Waals surface area contributed by atoms with Crippen LogP contribution in [0.25, 0.3) is 10.9 Å². The van der Waals surface area contributed by atoms with Crippen molar-refractivity contribution in [2.24, 2.45) is 5.14 Å². The lowest BCUT2D eigenvalue weighted by Crippen LogP contribution is -2.50. The van der Waals surface area contributed by atoms with E-state index in [1.807, 2.05) is 4.90 Å². The van der Waals surface area contributed by atoms with Gasteiger partial charge in [-0.2, -0.15) is 13.2 Å². The zero-order valence-corrected chi connectivity index (χ0v) is 25.0. The first-order valence-corrected chi connectivity index (χ1v) is 15.3. The monoisotopic (exact) mass is 641 g/mol. The molecule has 2 aromatic carbocycles. The Hall–Kier alpha value is -3.55. The average molecular weight is 642 g/mol. The molecule has 3 atom stereocenters. The van der Waals surface area contributed by atoms with Crippen molar-refractivity contribution in [3.63, 3.8) is 0 Å². The van der Waals surface area contributed by atoms with Crippen molar-refractivity contribution in [2.45, 2.75) is 42.4 Å². The molecule has 0 saturated carbocycles. The second-order valence-electron chi connectivity index (χ2n) is 10.5. The fourth-order valence-corrected chi connectivity index (χ4v) is 5.70. The largest absolute Gasteiger partial charge is 0.495 e. The molecule has 0 radical (unpaired) electrons. The third-order valence-electron chi connectivity index (χ3n) is 7.16. The van der Waals surface area contributed by atoms with Crippen LogP contribution in [0.1, 0.15) is 12.1 Å². The minimum absolute atomic E-state index is 0.00488. The molecule has 1 aromatic heterocycles. The molecule has 5 N–H and O–H groups in total. The number of nitrogens with two attached hydrogens (primary N) is 1. The number of piperidine rings is 1. The summed E-state index contributed by atoms with van der Waals surface area (Å²) in [7, 11) is -1.12. The fraction of sp³-hybridized carbons (Fsp3) is 0.448. The summed E-state index contributed by atoms with van der Waals surface area (Å²) < 4.78 is 90.4. The van der Waals surface area contributed by atoms with Crippen LogP contribution in [0.3, 0.4) is 0 Å². The highest BCUT2D eigenvalue weighted by atomic mass is 32.2. The number of nitrogens with one attached hydrogen (secondary N) is 2. The number of hydrogen-bond acceptors (Lipinski definition) is 8. The van der Waals surface area contributed by atoms with Crippen LogP contribution >= 0.6 is 0 Å². The van der Waals surface area contributed by atoms with E-state index in [0.717, 1.165) is 4.57 Å². The number of rotatable bonds is 11. The molecule has 15 heteroatoms. The van der Waals surface area contributed by atoms with E-state index in [1.165, 1.54) is 32.4 Å². The number of methoxy groups -OCH3 is 2. The van der Waals surface area contributed by atoms with Crippen LogP contribution in [-0.4, -0.2) is 94.5 Å². The Morgan fingerprint density at radius 2 is 1.95 bits per heavy atom. The minimum atomic E-state index is -4.52. The van der Waals surface area contributed by atoms with Crippen LogP contribution in [0.2, 0.25) is 0 Å². The molecule has 240 valence electrons. The summed E-state index contributed by atoms with van der Waals surface area (Å²) in [5.74, 6) is 5.80. The van der Waals surface area contributed by atoms with Gasteiger partial charge in [-0.25, -0.2) is 17.9 Å². The number of hydrogen-bond donors (Lipinski definition) is 4. The Morgan fingerprint density at radius 3 is 2.61 bits per heavy atom. The summed E-state index contributed by atoms with van der Waals surface area (Å²) in [6.45, 7) is -0.206. The van der Waals surface area contributed by atoms with Crippen molar-refractivity contribution in [3.8, 4) is 17.6 Å². The molecule has 44 heavy (non-hydrogen) atoms. The molecule has 2 heterocycles. The number of benzene rings is 2. The highest BCUT2D eigenvalue weighted by molar-refractivity contribution is 7.89. The average Bonchev–Trinajstić information content (AvgIpc) is 3.28. The maximum atomic E-state index is 15.2. The van der Waals surface area contributed by atoms with Crippen molar-refractivity contribution in [2.75, 3.05) is 57.6 Å². The second-order valence-corrected chi connectivity index (χ2v) is 12.0. The number of aromatic nitrogens is 1. The summed E-state index contributed by atoms with van der Waals surface area (Å²) in [5.41, 5.74) is 1.31. The van der Waals surface area contributed by atoms with E-state index in [9.17, 15) is 26.7 Å². The lowest BCUT2D eigenvalue weighted by molar-refractivity contribution is -0.140. The number of nitrogens with zero attached hydrogens (tertiary/aromatic N) is 2. The van der Waals surface area contributed by atoms with Gasteiger partial charge in [0, 0.05) is 43.9 Å². The van der Waals surface area contributed by atoms with Crippen molar-refractivity contribution in [1.29, 1.82) is 0 Å². The van der Waals surface area contributed by atoms with E-state index >= 15 is 4.39 Å². The Balaban J connectivity index is 1.54. The maximum absolute atomic E-state index is 15.2. The third-order valence-corrected chi connectivity index (χ3v) is 8.07. The molecule has 4 rings (SSSR count). The van der Waals surface area contributed by atoms with E-state index in [4.69, 9.17) is 14.6 Å². The predicted octanol–water partition coefficient (Wildman–Crippen LogP) is 3.15. The molecule has 3 aromatic rings. The van der Waals surface area contributed by atoms with Crippen molar-refractivity contribution >= 4 is 32.3 Å². The van der Waals surface area contributed by atoms with Crippen LogP contribution in [0, 0.1) is 11.8 Å². The van der Waals surface area contributed by atoms with Gasteiger partial charge in [0.15, 0.2) is 0 Å². The number of halogens is 4. The van der Waals surface area contributed by atoms with Crippen molar-refractivity contribution < 1.29 is 40.6 Å². The number of aliphatic hydroxyl groups is 1. The standard InChI is InChI=1S/C29H35F4N5O5S/c1-42-17-20(39)15-37-12-10-25(23(30)16-37)36-24-6-3-7-27-22(24)13-19(38(27)18-29(31,32)33)5-4-11-35-26-9-8-21(44(34,40)41)14-28(26)43-2/h3,6-9,13-14,20,23,25,35-36,39H,10-12,15-18H2,1-2H3,(H2,34,40,41)/t20-,23-,25+/m1/s1. The molecule has 0 aliphatic carbocycles. The summed E-state index contributed by atoms with van der Waals surface area (Å²) in [4.78, 5) is 1.68. The van der Waals surface area contributed by atoms with Gasteiger partial charge in [-0.15, -0.1) is 0 Å². The highest BCUT2D eigenvalue weighted by Gasteiger charge is 2.32. The normalized spacial score (nSPS) is 18.5. The summed E-state index contributed by atoms with van der Waals surface area (Å²) in [6.07, 6.45) is -6.09. The SMILES string of the molecule is COC[C@H](O)CN1CC[C@H](Nc2cccc3c2cc(C#CCNc2ccc(S(N)(=O)=O)cc2OC)n3CC(F)(F)F)[C@H](F)C1. The molecule has 1 aliphatic heterocycles. The van der Waals surface area contributed by atoms with E-state index < -0.39 is 41.1 Å². The predicted molar refractivity (Wildman–Crippen MR) is 159 cm³/mol. The topological polar surface area (TPSA) is 131 Å². The van der Waals surface area contributed by atoms with Gasteiger partial charge in [-0.3, -0.25) is 4.90 Å². The first-order chi connectivity index (χ1) is 20.8. The Bertz CT molecular complexity index is 1620. The number of fused-ring (bicyclic) bond motifs is 1. The van der Waals surface area contributed by atoms with Gasteiger partial charge >= 0.3 is 6.18 Å². The number of β-amino-alcohol motifs (C(OH)–C–C–N with tert-alkyl or cyclic N) is 1. The quantitative estimate of drug-likeness (QED) is 0.186. The maximum Gasteiger partial charge on any atom is 0.406 e. The van der Waals surface area contributed by atoms with E-state index in [2.05, 4.69) is 22.5 Å². The smallest absolute Gasteiger partial charge is 0.406 e. The Labute approximate surface area is 253 Å². The van der Waals surface area contributed by atoms with Crippen LogP contribution in [-0.2, 0) is 21.3 Å². The molecular weight excluding hydrogens is 606 g/mol. The number of anilines is 2. The number of primary sulfonamides is 1. The highest BCUT2D eigenvalue weighted by Crippen LogP contribution is 2.32. The minimum Gasteiger partial charge on any atom is -0.495 e.